The number of hydrogen-bond donors (Lipinski definition) is 1. The number of aliphatic hydroxyl groups is 1. The van der Waals surface area contributed by atoms with Crippen molar-refractivity contribution < 1.29 is 14.2 Å². The van der Waals surface area contributed by atoms with Crippen LogP contribution in [0.5, 0.6) is 5.75 Å². The van der Waals surface area contributed by atoms with Gasteiger partial charge < -0.3 is 9.84 Å². The fourth-order valence-electron chi connectivity index (χ4n) is 3.46. The third kappa shape index (κ3) is 4.10. The molecule has 3 heteroatoms. The zero-order chi connectivity index (χ0) is 17.6. The summed E-state index contributed by atoms with van der Waals surface area (Å²) in [5.74, 6) is 0.380. The highest BCUT2D eigenvalue weighted by Crippen LogP contribution is 2.36. The number of ether oxygens (including phenoxy) is 1. The molecule has 0 bridgehead atoms. The predicted molar refractivity (Wildman–Crippen MR) is 100.0 cm³/mol. The van der Waals surface area contributed by atoms with Gasteiger partial charge in [0.1, 0.15) is 11.6 Å². The van der Waals surface area contributed by atoms with Gasteiger partial charge in [0.05, 0.1) is 13.7 Å². The van der Waals surface area contributed by atoms with E-state index in [1.54, 1.807) is 19.2 Å². The molecule has 2 aromatic carbocycles. The smallest absolute Gasteiger partial charge is 0.131 e. The van der Waals surface area contributed by atoms with E-state index in [4.69, 9.17) is 4.74 Å². The van der Waals surface area contributed by atoms with Gasteiger partial charge in [0.15, 0.2) is 0 Å². The van der Waals surface area contributed by atoms with E-state index in [1.165, 1.54) is 30.9 Å². The van der Waals surface area contributed by atoms with Crippen molar-refractivity contribution in [2.45, 2.75) is 45.1 Å². The van der Waals surface area contributed by atoms with Gasteiger partial charge in [0.2, 0.25) is 0 Å². The number of allylic oxidation sites excluding steroid dienone is 2. The normalized spacial score (nSPS) is 17.3. The molecule has 0 aliphatic heterocycles. The van der Waals surface area contributed by atoms with Crippen LogP contribution in [0.4, 0.5) is 4.39 Å². The van der Waals surface area contributed by atoms with E-state index in [0.29, 0.717) is 11.3 Å². The van der Waals surface area contributed by atoms with Crippen LogP contribution in [-0.2, 0) is 6.61 Å². The average Bonchev–Trinajstić information content (AvgIpc) is 2.62. The summed E-state index contributed by atoms with van der Waals surface area (Å²) in [6.45, 7) is -0.0127. The van der Waals surface area contributed by atoms with Crippen LogP contribution < -0.4 is 4.74 Å². The second kappa shape index (κ2) is 8.30. The van der Waals surface area contributed by atoms with Crippen LogP contribution >= 0.6 is 0 Å². The lowest BCUT2D eigenvalue weighted by atomic mass is 9.88. The minimum atomic E-state index is -0.259. The van der Waals surface area contributed by atoms with Crippen LogP contribution in [0.3, 0.4) is 0 Å². The quantitative estimate of drug-likeness (QED) is 0.770. The number of methoxy groups -OCH3 is 1. The number of rotatable bonds is 4. The van der Waals surface area contributed by atoms with Crippen LogP contribution in [0.2, 0.25) is 0 Å². The van der Waals surface area contributed by atoms with Gasteiger partial charge in [-0.3, -0.25) is 0 Å². The van der Waals surface area contributed by atoms with E-state index >= 15 is 0 Å². The van der Waals surface area contributed by atoms with Gasteiger partial charge >= 0.3 is 0 Å². The first kappa shape index (κ1) is 17.7. The predicted octanol–water partition coefficient (Wildman–Crippen LogP) is 5.73. The highest BCUT2D eigenvalue weighted by Gasteiger charge is 2.15. The molecule has 132 valence electrons. The molecule has 2 nitrogen and oxygen atoms in total. The van der Waals surface area contributed by atoms with Gasteiger partial charge in [-0.1, -0.05) is 31.1 Å². The fraction of sp³-hybridized carbons (Fsp3) is 0.364. The topological polar surface area (TPSA) is 29.5 Å². The van der Waals surface area contributed by atoms with Crippen molar-refractivity contribution in [2.75, 3.05) is 7.11 Å². The first-order valence-corrected chi connectivity index (χ1v) is 9.00. The molecule has 0 saturated carbocycles. The third-order valence-electron chi connectivity index (χ3n) is 4.87. The highest BCUT2D eigenvalue weighted by atomic mass is 19.1. The largest absolute Gasteiger partial charge is 0.497 e. The van der Waals surface area contributed by atoms with E-state index in [0.717, 1.165) is 36.0 Å². The first-order chi connectivity index (χ1) is 12.2. The van der Waals surface area contributed by atoms with Gasteiger partial charge in [-0.15, -0.1) is 0 Å². The van der Waals surface area contributed by atoms with Crippen molar-refractivity contribution in [3.05, 3.63) is 59.4 Å². The lowest BCUT2D eigenvalue weighted by Gasteiger charge is -2.18. The maximum atomic E-state index is 14.5. The van der Waals surface area contributed by atoms with Crippen molar-refractivity contribution in [3.63, 3.8) is 0 Å². The van der Waals surface area contributed by atoms with Crippen LogP contribution in [0, 0.1) is 5.82 Å². The Kier molecular flexibility index (Phi) is 5.87. The van der Waals surface area contributed by atoms with Gasteiger partial charge in [-0.2, -0.15) is 0 Å². The molecule has 0 saturated heterocycles. The van der Waals surface area contributed by atoms with E-state index in [1.807, 2.05) is 18.2 Å². The Balaban J connectivity index is 2.13. The summed E-state index contributed by atoms with van der Waals surface area (Å²) in [6.07, 6.45) is 9.20. The molecule has 0 amide bonds. The summed E-state index contributed by atoms with van der Waals surface area (Å²) < 4.78 is 19.8. The average molecular weight is 340 g/mol. The molecule has 0 fully saturated rings. The van der Waals surface area contributed by atoms with E-state index in [2.05, 4.69) is 6.08 Å². The summed E-state index contributed by atoms with van der Waals surface area (Å²) >= 11 is 0. The van der Waals surface area contributed by atoms with Crippen molar-refractivity contribution in [1.29, 1.82) is 0 Å². The lowest BCUT2D eigenvalue weighted by molar-refractivity contribution is 0.282. The Labute approximate surface area is 149 Å². The summed E-state index contributed by atoms with van der Waals surface area (Å²) in [7, 11) is 1.59. The molecule has 0 atom stereocenters. The SMILES string of the molecule is COc1ccc(F)c(-c2ccc(CO)cc2/C2=C/CCCCCC2)c1. The Morgan fingerprint density at radius 2 is 1.80 bits per heavy atom. The number of benzene rings is 2. The van der Waals surface area contributed by atoms with E-state index in [9.17, 15) is 9.50 Å². The molecule has 0 radical (unpaired) electrons. The zero-order valence-corrected chi connectivity index (χ0v) is 14.7. The molecule has 0 aromatic heterocycles. The Morgan fingerprint density at radius 3 is 2.60 bits per heavy atom. The van der Waals surface area contributed by atoms with Crippen molar-refractivity contribution in [1.82, 2.24) is 0 Å². The lowest BCUT2D eigenvalue weighted by Crippen LogP contribution is -1.98. The van der Waals surface area contributed by atoms with Crippen LogP contribution in [-0.4, -0.2) is 12.2 Å². The molecule has 2 aromatic rings. The van der Waals surface area contributed by atoms with Crippen molar-refractivity contribution in [3.8, 4) is 16.9 Å². The zero-order valence-electron chi connectivity index (χ0n) is 14.7. The van der Waals surface area contributed by atoms with Crippen LogP contribution in [0.15, 0.2) is 42.5 Å². The summed E-state index contributed by atoms with van der Waals surface area (Å²) in [5, 5.41) is 9.55. The second-order valence-corrected chi connectivity index (χ2v) is 6.57. The van der Waals surface area contributed by atoms with Crippen LogP contribution in [0.25, 0.3) is 16.7 Å². The fourth-order valence-corrected chi connectivity index (χ4v) is 3.46. The highest BCUT2D eigenvalue weighted by molar-refractivity contribution is 5.82. The van der Waals surface area contributed by atoms with Gasteiger partial charge in [0, 0.05) is 5.56 Å². The van der Waals surface area contributed by atoms with E-state index in [-0.39, 0.29) is 12.4 Å². The van der Waals surface area contributed by atoms with E-state index < -0.39 is 0 Å². The molecule has 1 N–H and O–H groups in total. The van der Waals surface area contributed by atoms with Crippen molar-refractivity contribution in [2.24, 2.45) is 0 Å². The Bertz CT molecular complexity index is 765. The van der Waals surface area contributed by atoms with Gasteiger partial charge in [0.25, 0.3) is 0 Å². The minimum Gasteiger partial charge on any atom is -0.497 e. The minimum absolute atomic E-state index is 0.0127. The molecule has 0 unspecified atom stereocenters. The van der Waals surface area contributed by atoms with Gasteiger partial charge in [-0.25, -0.2) is 4.39 Å². The molecule has 0 heterocycles. The molecule has 0 spiro atoms. The molecule has 3 rings (SSSR count). The van der Waals surface area contributed by atoms with Crippen molar-refractivity contribution >= 4 is 5.57 Å². The maximum absolute atomic E-state index is 14.5. The number of hydrogen-bond acceptors (Lipinski definition) is 2. The van der Waals surface area contributed by atoms with Gasteiger partial charge in [-0.05, 0) is 72.2 Å². The summed E-state index contributed by atoms with van der Waals surface area (Å²) in [5.41, 5.74) is 4.54. The molecule has 25 heavy (non-hydrogen) atoms. The monoisotopic (exact) mass is 340 g/mol. The number of aliphatic hydroxyl groups excluding tert-OH is 1. The number of halogens is 1. The summed E-state index contributed by atoms with van der Waals surface area (Å²) in [4.78, 5) is 0. The Hall–Kier alpha value is -2.13. The van der Waals surface area contributed by atoms with Crippen LogP contribution in [0.1, 0.15) is 49.7 Å². The Morgan fingerprint density at radius 1 is 0.960 bits per heavy atom. The molecule has 1 aliphatic rings. The molecular formula is C22H25FO2. The standard InChI is InChI=1S/C22H25FO2/c1-25-18-10-12-22(23)21(14-18)19-11-9-16(15-24)13-20(19)17-7-5-3-2-4-6-8-17/h7,9-14,24H,2-6,8,15H2,1H3/b17-7+. The second-order valence-electron chi connectivity index (χ2n) is 6.57. The maximum Gasteiger partial charge on any atom is 0.131 e. The first-order valence-electron chi connectivity index (χ1n) is 9.00. The third-order valence-corrected chi connectivity index (χ3v) is 4.87. The molecular weight excluding hydrogens is 315 g/mol. The summed E-state index contributed by atoms with van der Waals surface area (Å²) in [6, 6.07) is 10.6. The molecule has 1 aliphatic carbocycles.